The highest BCUT2D eigenvalue weighted by Gasteiger charge is 2.23. The van der Waals surface area contributed by atoms with Crippen molar-refractivity contribution in [2.45, 2.75) is 33.6 Å². The van der Waals surface area contributed by atoms with Crippen molar-refractivity contribution in [3.63, 3.8) is 0 Å². The average molecular weight is 311 g/mol. The molecule has 22 heavy (non-hydrogen) atoms. The molecule has 1 rings (SSSR count). The average Bonchev–Trinajstić information content (AvgIpc) is 2.40. The zero-order chi connectivity index (χ0) is 16.8. The molecule has 122 valence electrons. The second kappa shape index (κ2) is 7.53. The van der Waals surface area contributed by atoms with Crippen LogP contribution in [0.3, 0.4) is 0 Å². The van der Waals surface area contributed by atoms with Crippen molar-refractivity contribution in [3.8, 4) is 0 Å². The van der Waals surface area contributed by atoms with E-state index in [9.17, 15) is 14.9 Å². The summed E-state index contributed by atoms with van der Waals surface area (Å²) < 4.78 is 5.12. The number of hydrogen-bond acceptors (Lipinski definition) is 8. The van der Waals surface area contributed by atoms with Crippen LogP contribution in [0.25, 0.3) is 0 Å². The number of ether oxygens (including phenoxy) is 1. The van der Waals surface area contributed by atoms with Crippen LogP contribution < -0.4 is 11.1 Å². The lowest BCUT2D eigenvalue weighted by Crippen LogP contribution is -2.23. The Morgan fingerprint density at radius 2 is 2.09 bits per heavy atom. The maximum Gasteiger partial charge on any atom is 0.352 e. The maximum atomic E-state index is 11.5. The van der Waals surface area contributed by atoms with E-state index >= 15 is 0 Å². The van der Waals surface area contributed by atoms with Gasteiger partial charge in [0.05, 0.1) is 16.9 Å². The van der Waals surface area contributed by atoms with Gasteiger partial charge in [0.2, 0.25) is 11.6 Å². The molecular weight excluding hydrogens is 290 g/mol. The van der Waals surface area contributed by atoms with E-state index in [4.69, 9.17) is 10.5 Å². The van der Waals surface area contributed by atoms with Gasteiger partial charge in [0, 0.05) is 6.54 Å². The molecule has 1 aromatic heterocycles. The minimum Gasteiger partial charge on any atom is -0.465 e. The van der Waals surface area contributed by atoms with Gasteiger partial charge in [-0.25, -0.2) is 9.97 Å². The Kier molecular flexibility index (Phi) is 6.02. The first-order valence-electron chi connectivity index (χ1n) is 6.89. The molecule has 1 heterocycles. The number of carbonyl (C=O) groups excluding carboxylic acids is 1. The number of aromatic nitrogens is 2. The number of nitrogens with one attached hydrogen (secondary N) is 1. The van der Waals surface area contributed by atoms with Crippen LogP contribution in [-0.2, 0) is 9.53 Å². The molecule has 0 amide bonds. The van der Waals surface area contributed by atoms with E-state index in [0.717, 1.165) is 6.33 Å². The topological polar surface area (TPSA) is 133 Å². The van der Waals surface area contributed by atoms with Gasteiger partial charge in [-0.15, -0.1) is 0 Å². The Morgan fingerprint density at radius 3 is 2.68 bits per heavy atom. The Morgan fingerprint density at radius 1 is 1.41 bits per heavy atom. The van der Waals surface area contributed by atoms with Crippen LogP contribution in [0.5, 0.6) is 0 Å². The van der Waals surface area contributed by atoms with E-state index in [0.29, 0.717) is 26.0 Å². The number of unbranched alkanes of at least 4 members (excludes halogenated alkanes) is 1. The van der Waals surface area contributed by atoms with Crippen molar-refractivity contribution in [1.29, 1.82) is 0 Å². The molecule has 0 fully saturated rings. The van der Waals surface area contributed by atoms with Gasteiger partial charge in [-0.05, 0) is 33.6 Å². The summed E-state index contributed by atoms with van der Waals surface area (Å²) in [5.74, 6) is -0.342. The maximum absolute atomic E-state index is 11.5. The summed E-state index contributed by atoms with van der Waals surface area (Å²) in [6.07, 6.45) is 2.47. The number of hydrogen-bond donors (Lipinski definition) is 2. The van der Waals surface area contributed by atoms with Gasteiger partial charge in [-0.1, -0.05) is 0 Å². The molecule has 9 heteroatoms. The Labute approximate surface area is 128 Å². The van der Waals surface area contributed by atoms with Crippen LogP contribution in [0, 0.1) is 15.5 Å². The van der Waals surface area contributed by atoms with Crippen LogP contribution in [0.4, 0.5) is 17.3 Å². The van der Waals surface area contributed by atoms with Crippen molar-refractivity contribution >= 4 is 23.3 Å². The first kappa shape index (κ1) is 17.6. The second-order valence-electron chi connectivity index (χ2n) is 5.73. The molecule has 0 aliphatic heterocycles. The van der Waals surface area contributed by atoms with Gasteiger partial charge in [-0.3, -0.25) is 14.9 Å². The number of nitrogen functional groups attached to an aromatic ring is 1. The van der Waals surface area contributed by atoms with Crippen molar-refractivity contribution in [2.24, 2.45) is 5.41 Å². The Hall–Kier alpha value is -2.45. The predicted octanol–water partition coefficient (Wildman–Crippen LogP) is 1.75. The van der Waals surface area contributed by atoms with E-state index < -0.39 is 10.3 Å². The fourth-order valence-electron chi connectivity index (χ4n) is 1.52. The fourth-order valence-corrected chi connectivity index (χ4v) is 1.52. The number of rotatable bonds is 7. The summed E-state index contributed by atoms with van der Waals surface area (Å²) in [6.45, 7) is 6.12. The summed E-state index contributed by atoms with van der Waals surface area (Å²) in [5, 5.41) is 13.7. The van der Waals surface area contributed by atoms with Gasteiger partial charge < -0.3 is 15.8 Å². The van der Waals surface area contributed by atoms with Crippen LogP contribution >= 0.6 is 0 Å². The lowest BCUT2D eigenvalue weighted by molar-refractivity contribution is -0.383. The third-order valence-corrected chi connectivity index (χ3v) is 2.74. The van der Waals surface area contributed by atoms with Crippen LogP contribution in [0.15, 0.2) is 6.33 Å². The second-order valence-corrected chi connectivity index (χ2v) is 5.73. The van der Waals surface area contributed by atoms with Gasteiger partial charge in [0.1, 0.15) is 6.33 Å². The van der Waals surface area contributed by atoms with Crippen molar-refractivity contribution in [1.82, 2.24) is 9.97 Å². The molecule has 0 aliphatic rings. The van der Waals surface area contributed by atoms with E-state index in [1.807, 2.05) is 0 Å². The molecule has 0 unspecified atom stereocenters. The summed E-state index contributed by atoms with van der Waals surface area (Å²) in [7, 11) is 0. The highest BCUT2D eigenvalue weighted by molar-refractivity contribution is 5.75. The first-order valence-corrected chi connectivity index (χ1v) is 6.89. The van der Waals surface area contributed by atoms with Gasteiger partial charge in [0.15, 0.2) is 0 Å². The van der Waals surface area contributed by atoms with Crippen molar-refractivity contribution in [2.75, 3.05) is 24.2 Å². The quantitative estimate of drug-likeness (QED) is 0.336. The molecule has 0 aromatic carbocycles. The summed E-state index contributed by atoms with van der Waals surface area (Å²) in [4.78, 5) is 29.2. The summed E-state index contributed by atoms with van der Waals surface area (Å²) >= 11 is 0. The monoisotopic (exact) mass is 311 g/mol. The van der Waals surface area contributed by atoms with Gasteiger partial charge in [-0.2, -0.15) is 0 Å². The van der Waals surface area contributed by atoms with Gasteiger partial charge in [0.25, 0.3) is 0 Å². The molecule has 0 radical (unpaired) electrons. The third-order valence-electron chi connectivity index (χ3n) is 2.74. The van der Waals surface area contributed by atoms with E-state index in [2.05, 4.69) is 15.3 Å². The zero-order valence-corrected chi connectivity index (χ0v) is 13.0. The molecule has 0 saturated carbocycles. The minimum absolute atomic E-state index is 0.0872. The molecular formula is C13H21N5O4. The number of nitro groups is 1. The van der Waals surface area contributed by atoms with Crippen LogP contribution in [0.2, 0.25) is 0 Å². The normalized spacial score (nSPS) is 11.0. The van der Waals surface area contributed by atoms with E-state index in [1.54, 1.807) is 20.8 Å². The van der Waals surface area contributed by atoms with Gasteiger partial charge >= 0.3 is 11.7 Å². The highest BCUT2D eigenvalue weighted by atomic mass is 16.6. The van der Waals surface area contributed by atoms with Crippen LogP contribution in [0.1, 0.15) is 33.6 Å². The Bertz CT molecular complexity index is 542. The van der Waals surface area contributed by atoms with E-state index in [-0.39, 0.29) is 23.3 Å². The zero-order valence-electron chi connectivity index (χ0n) is 13.0. The molecule has 0 bridgehead atoms. The number of nitrogens with zero attached hydrogens (tertiary/aromatic N) is 3. The first-order chi connectivity index (χ1) is 10.2. The lowest BCUT2D eigenvalue weighted by Gasteiger charge is -2.16. The smallest absolute Gasteiger partial charge is 0.352 e. The summed E-state index contributed by atoms with van der Waals surface area (Å²) in [5.41, 5.74) is 4.61. The Balaban J connectivity index is 2.36. The molecule has 9 nitrogen and oxygen atoms in total. The number of esters is 1. The lowest BCUT2D eigenvalue weighted by atomic mass is 9.97. The van der Waals surface area contributed by atoms with E-state index in [1.165, 1.54) is 0 Å². The van der Waals surface area contributed by atoms with Crippen molar-refractivity contribution in [3.05, 3.63) is 16.4 Å². The molecule has 3 N–H and O–H groups in total. The fraction of sp³-hybridized carbons (Fsp3) is 0.615. The standard InChI is InChI=1S/C13H21N5O4/c1-13(2,3)12(19)22-7-5-4-6-15-11-9(18(20)21)10(14)16-8-17-11/h8H,4-7H2,1-3H3,(H3,14,15,16,17). The molecule has 0 saturated heterocycles. The SMILES string of the molecule is CC(C)(C)C(=O)OCCCCNc1ncnc(N)c1[N+](=O)[O-]. The number of anilines is 2. The van der Waals surface area contributed by atoms with Crippen molar-refractivity contribution < 1.29 is 14.5 Å². The predicted molar refractivity (Wildman–Crippen MR) is 81.2 cm³/mol. The highest BCUT2D eigenvalue weighted by Crippen LogP contribution is 2.26. The van der Waals surface area contributed by atoms with Crippen LogP contribution in [-0.4, -0.2) is 34.0 Å². The number of nitrogens with two attached hydrogens (primary N) is 1. The minimum atomic E-state index is -0.622. The number of carbonyl (C=O) groups is 1. The molecule has 1 aromatic rings. The third kappa shape index (κ3) is 5.15. The largest absolute Gasteiger partial charge is 0.465 e. The molecule has 0 atom stereocenters. The molecule has 0 spiro atoms. The molecule has 0 aliphatic carbocycles. The summed E-state index contributed by atoms with van der Waals surface area (Å²) in [6, 6.07) is 0.